The smallest absolute Gasteiger partial charge is 0.462 e. The first-order valence-electron chi connectivity index (χ1n) is 47.9. The third-order valence-corrected chi connectivity index (χ3v) is 24.1. The summed E-state index contributed by atoms with van der Waals surface area (Å²) in [7, 11) is -9.94. The lowest BCUT2D eigenvalue weighted by Gasteiger charge is -2.21. The highest BCUT2D eigenvalue weighted by Gasteiger charge is 2.31. The van der Waals surface area contributed by atoms with Crippen molar-refractivity contribution in [2.75, 3.05) is 39.6 Å². The third-order valence-electron chi connectivity index (χ3n) is 22.2. The van der Waals surface area contributed by atoms with E-state index in [2.05, 4.69) is 48.5 Å². The van der Waals surface area contributed by atoms with Gasteiger partial charge >= 0.3 is 39.5 Å². The Bertz CT molecular complexity index is 2150. The Morgan fingerprint density at radius 3 is 0.679 bits per heavy atom. The molecule has 0 bridgehead atoms. The largest absolute Gasteiger partial charge is 0.472 e. The lowest BCUT2D eigenvalue weighted by atomic mass is 10.00. The molecule has 0 fully saturated rings. The number of hydrogen-bond acceptors (Lipinski definition) is 15. The van der Waals surface area contributed by atoms with Crippen LogP contribution in [0.5, 0.6) is 0 Å². The number of esters is 4. The molecular formula is C93H182O17P2. The summed E-state index contributed by atoms with van der Waals surface area (Å²) in [6.45, 7) is 12.1. The SMILES string of the molecule is CCCCCCCCCCCCCCCCCCCCCCC(=O)O[C@H](COC(=O)CCCCCCCCC(C)CC)COP(=O)(O)OC[C@H](O)COP(=O)(O)OC[C@@H](COC(=O)CCCCCCCCCCCCCCCCCCCCC(C)C)OC(=O)CCCCCCCCCCCCCCCCCCCCC(C)C. The Hall–Kier alpha value is -1.94. The van der Waals surface area contributed by atoms with Gasteiger partial charge in [0.2, 0.25) is 0 Å². The molecule has 19 heteroatoms. The first kappa shape index (κ1) is 110. The molecule has 0 aromatic heterocycles. The van der Waals surface area contributed by atoms with E-state index in [4.69, 9.17) is 37.0 Å². The van der Waals surface area contributed by atoms with Crippen LogP contribution in [0, 0.1) is 17.8 Å². The summed E-state index contributed by atoms with van der Waals surface area (Å²) in [6.07, 6.45) is 76.6. The van der Waals surface area contributed by atoms with Crippen molar-refractivity contribution >= 4 is 39.5 Å². The zero-order valence-corrected chi connectivity index (χ0v) is 75.9. The topological polar surface area (TPSA) is 237 Å². The summed E-state index contributed by atoms with van der Waals surface area (Å²) in [5, 5.41) is 10.7. The van der Waals surface area contributed by atoms with E-state index in [-0.39, 0.29) is 25.7 Å². The van der Waals surface area contributed by atoms with Gasteiger partial charge in [-0.25, -0.2) is 9.13 Å². The Morgan fingerprint density at radius 1 is 0.259 bits per heavy atom. The zero-order valence-electron chi connectivity index (χ0n) is 74.2. The maximum absolute atomic E-state index is 13.2. The molecule has 17 nitrogen and oxygen atoms in total. The van der Waals surface area contributed by atoms with Crippen molar-refractivity contribution in [3.63, 3.8) is 0 Å². The average Bonchev–Trinajstić information content (AvgIpc) is 0.899. The van der Waals surface area contributed by atoms with Crippen LogP contribution >= 0.6 is 15.6 Å². The molecule has 0 aliphatic carbocycles. The Morgan fingerprint density at radius 2 is 0.455 bits per heavy atom. The Kier molecular flexibility index (Phi) is 81.3. The van der Waals surface area contributed by atoms with E-state index in [0.29, 0.717) is 25.7 Å². The minimum absolute atomic E-state index is 0.108. The van der Waals surface area contributed by atoms with Crippen molar-refractivity contribution in [3.8, 4) is 0 Å². The van der Waals surface area contributed by atoms with Crippen molar-refractivity contribution in [2.24, 2.45) is 17.8 Å². The molecule has 0 heterocycles. The predicted molar refractivity (Wildman–Crippen MR) is 465 cm³/mol. The van der Waals surface area contributed by atoms with Gasteiger partial charge in [-0.2, -0.15) is 0 Å². The van der Waals surface area contributed by atoms with Crippen molar-refractivity contribution in [1.82, 2.24) is 0 Å². The molecule has 112 heavy (non-hydrogen) atoms. The molecular weight excluding hydrogens is 1450 g/mol. The second kappa shape index (κ2) is 82.7. The zero-order chi connectivity index (χ0) is 82.2. The van der Waals surface area contributed by atoms with Crippen molar-refractivity contribution in [1.29, 1.82) is 0 Å². The second-order valence-electron chi connectivity index (χ2n) is 34.6. The number of unbranched alkanes of at least 4 members (excludes halogenated alkanes) is 58. The number of rotatable bonds is 91. The van der Waals surface area contributed by atoms with Crippen LogP contribution in [0.15, 0.2) is 0 Å². The van der Waals surface area contributed by atoms with Crippen molar-refractivity contribution in [2.45, 2.75) is 516 Å². The standard InChI is InChI=1S/C93H182O17P2/c1-8-10-11-12-13-14-15-16-17-18-19-20-28-33-38-43-48-53-63-70-77-93(98)110-89(81-104-91(96)75-68-61-56-55-59-66-73-86(7)9-2)83-108-112(101,102)106-79-87(94)78-105-111(99,100)107-82-88(109-92(97)76-69-62-54-49-44-39-34-29-24-22-26-31-36-41-46-51-58-65-72-85(5)6)80-103-90(95)74-67-60-52-47-42-37-32-27-23-21-25-30-35-40-45-50-57-64-71-84(3)4/h84-89,94H,8-83H2,1-7H3,(H,99,100)(H,101,102)/t86?,87-,88-,89-/m1/s1. The number of ether oxygens (including phenoxy) is 4. The molecule has 0 aromatic rings. The molecule has 0 aliphatic rings. The quantitative estimate of drug-likeness (QED) is 0.0222. The van der Waals surface area contributed by atoms with E-state index in [0.717, 1.165) is 114 Å². The summed E-state index contributed by atoms with van der Waals surface area (Å²) in [6, 6.07) is 0. The van der Waals surface area contributed by atoms with Gasteiger partial charge in [-0.15, -0.1) is 0 Å². The molecule has 0 amide bonds. The number of phosphoric acid groups is 2. The van der Waals surface area contributed by atoms with Crippen LogP contribution in [0.4, 0.5) is 0 Å². The molecule has 0 aliphatic heterocycles. The van der Waals surface area contributed by atoms with Gasteiger partial charge in [0.15, 0.2) is 12.2 Å². The summed E-state index contributed by atoms with van der Waals surface area (Å²) in [5.74, 6) is 0.276. The van der Waals surface area contributed by atoms with E-state index < -0.39 is 97.5 Å². The highest BCUT2D eigenvalue weighted by Crippen LogP contribution is 2.45. The van der Waals surface area contributed by atoms with Crippen LogP contribution in [0.2, 0.25) is 0 Å². The fourth-order valence-electron chi connectivity index (χ4n) is 14.6. The first-order valence-corrected chi connectivity index (χ1v) is 50.9. The molecule has 666 valence electrons. The predicted octanol–water partition coefficient (Wildman–Crippen LogP) is 28.8. The number of phosphoric ester groups is 2. The first-order chi connectivity index (χ1) is 54.3. The van der Waals surface area contributed by atoms with Gasteiger partial charge in [-0.05, 0) is 43.4 Å². The van der Waals surface area contributed by atoms with Crippen molar-refractivity contribution in [3.05, 3.63) is 0 Å². The second-order valence-corrected chi connectivity index (χ2v) is 37.5. The number of carbonyl (C=O) groups excluding carboxylic acids is 4. The van der Waals surface area contributed by atoms with Crippen LogP contribution in [0.3, 0.4) is 0 Å². The normalized spacial score (nSPS) is 14.0. The van der Waals surface area contributed by atoms with Gasteiger partial charge in [-0.3, -0.25) is 37.3 Å². The molecule has 0 spiro atoms. The average molecular weight is 1630 g/mol. The summed E-state index contributed by atoms with van der Waals surface area (Å²) >= 11 is 0. The van der Waals surface area contributed by atoms with E-state index >= 15 is 0 Å². The maximum Gasteiger partial charge on any atom is 0.472 e. The van der Waals surface area contributed by atoms with Crippen LogP contribution in [0.25, 0.3) is 0 Å². The monoisotopic (exact) mass is 1630 g/mol. The molecule has 0 rings (SSSR count). The molecule has 3 N–H and O–H groups in total. The number of aliphatic hydroxyl groups is 1. The van der Waals surface area contributed by atoms with Crippen LogP contribution in [-0.2, 0) is 65.4 Å². The molecule has 3 unspecified atom stereocenters. The van der Waals surface area contributed by atoms with Crippen LogP contribution in [-0.4, -0.2) is 96.7 Å². The Labute approximate surface area is 689 Å². The van der Waals surface area contributed by atoms with E-state index in [1.807, 2.05) is 0 Å². The molecule has 0 saturated heterocycles. The number of carbonyl (C=O) groups is 4. The minimum Gasteiger partial charge on any atom is -0.462 e. The number of aliphatic hydroxyl groups excluding tert-OH is 1. The van der Waals surface area contributed by atoms with Gasteiger partial charge in [-0.1, -0.05) is 447 Å². The van der Waals surface area contributed by atoms with Gasteiger partial charge in [0, 0.05) is 25.7 Å². The van der Waals surface area contributed by atoms with Crippen molar-refractivity contribution < 1.29 is 80.2 Å². The van der Waals surface area contributed by atoms with Gasteiger partial charge in [0.25, 0.3) is 0 Å². The summed E-state index contributed by atoms with van der Waals surface area (Å²) in [4.78, 5) is 73.4. The summed E-state index contributed by atoms with van der Waals surface area (Å²) in [5.41, 5.74) is 0. The lowest BCUT2D eigenvalue weighted by molar-refractivity contribution is -0.161. The maximum atomic E-state index is 13.2. The molecule has 0 radical (unpaired) electrons. The Balaban J connectivity index is 5.21. The van der Waals surface area contributed by atoms with Gasteiger partial charge in [0.05, 0.1) is 26.4 Å². The highest BCUT2D eigenvalue weighted by atomic mass is 31.2. The van der Waals surface area contributed by atoms with E-state index in [1.165, 1.54) is 302 Å². The van der Waals surface area contributed by atoms with Crippen LogP contribution in [0.1, 0.15) is 498 Å². The lowest BCUT2D eigenvalue weighted by Crippen LogP contribution is -2.30. The highest BCUT2D eigenvalue weighted by molar-refractivity contribution is 7.47. The fourth-order valence-corrected chi connectivity index (χ4v) is 16.2. The fraction of sp³-hybridized carbons (Fsp3) is 0.957. The molecule has 0 aromatic carbocycles. The molecule has 6 atom stereocenters. The third kappa shape index (κ3) is 84.5. The van der Waals surface area contributed by atoms with E-state index in [9.17, 15) is 43.2 Å². The summed E-state index contributed by atoms with van der Waals surface area (Å²) < 4.78 is 69.1. The molecule has 0 saturated carbocycles. The van der Waals surface area contributed by atoms with E-state index in [1.54, 1.807) is 0 Å². The minimum atomic E-state index is -4.97. The van der Waals surface area contributed by atoms with Gasteiger partial charge in [0.1, 0.15) is 19.3 Å². The number of hydrogen-bond donors (Lipinski definition) is 3. The van der Waals surface area contributed by atoms with Gasteiger partial charge < -0.3 is 33.8 Å². The van der Waals surface area contributed by atoms with Crippen LogP contribution < -0.4 is 0 Å².